The summed E-state index contributed by atoms with van der Waals surface area (Å²) in [5, 5.41) is 11.9. The maximum Gasteiger partial charge on any atom is 0.244 e. The van der Waals surface area contributed by atoms with E-state index < -0.39 is 0 Å². The Labute approximate surface area is 108 Å². The van der Waals surface area contributed by atoms with E-state index in [1.165, 1.54) is 6.08 Å². The van der Waals surface area contributed by atoms with Gasteiger partial charge in [-0.05, 0) is 47.0 Å². The molecule has 0 spiro atoms. The molecular formula is C12H14BrNO3. The van der Waals surface area contributed by atoms with Crippen LogP contribution in [0.25, 0.3) is 6.08 Å². The predicted octanol–water partition coefficient (Wildman–Crippen LogP) is 1.94. The largest absolute Gasteiger partial charge is 0.450 e. The van der Waals surface area contributed by atoms with Crippen LogP contribution in [0.3, 0.4) is 0 Å². The van der Waals surface area contributed by atoms with Crippen LogP contribution in [0.1, 0.15) is 18.6 Å². The van der Waals surface area contributed by atoms with E-state index in [2.05, 4.69) is 21.2 Å². The van der Waals surface area contributed by atoms with Gasteiger partial charge in [-0.3, -0.25) is 4.79 Å². The summed E-state index contributed by atoms with van der Waals surface area (Å²) in [6.45, 7) is 0.677. The van der Waals surface area contributed by atoms with Crippen molar-refractivity contribution in [2.45, 2.75) is 12.8 Å². The van der Waals surface area contributed by atoms with Crippen molar-refractivity contribution in [1.29, 1.82) is 0 Å². The fourth-order valence-electron chi connectivity index (χ4n) is 1.48. The van der Waals surface area contributed by atoms with Gasteiger partial charge in [-0.2, -0.15) is 0 Å². The third kappa shape index (κ3) is 3.44. The Bertz CT molecular complexity index is 435. The zero-order chi connectivity index (χ0) is 12.3. The minimum Gasteiger partial charge on any atom is -0.450 e. The molecule has 1 aliphatic carbocycles. The van der Waals surface area contributed by atoms with Gasteiger partial charge in [0.25, 0.3) is 0 Å². The van der Waals surface area contributed by atoms with Crippen molar-refractivity contribution in [2.24, 2.45) is 5.41 Å². The van der Waals surface area contributed by atoms with E-state index in [0.29, 0.717) is 17.0 Å². The summed E-state index contributed by atoms with van der Waals surface area (Å²) in [5.74, 6) is 0.451. The number of carbonyl (C=O) groups is 1. The van der Waals surface area contributed by atoms with E-state index in [-0.39, 0.29) is 17.9 Å². The van der Waals surface area contributed by atoms with E-state index in [1.807, 2.05) is 0 Å². The van der Waals surface area contributed by atoms with Crippen LogP contribution >= 0.6 is 15.9 Å². The normalized spacial score (nSPS) is 17.3. The highest BCUT2D eigenvalue weighted by atomic mass is 79.9. The molecule has 17 heavy (non-hydrogen) atoms. The van der Waals surface area contributed by atoms with Gasteiger partial charge in [-0.1, -0.05) is 0 Å². The van der Waals surface area contributed by atoms with Crippen LogP contribution in [0.15, 0.2) is 27.3 Å². The molecule has 1 aromatic rings. The lowest BCUT2D eigenvalue weighted by Gasteiger charge is -2.10. The summed E-state index contributed by atoms with van der Waals surface area (Å²) in [6, 6.07) is 3.53. The summed E-state index contributed by atoms with van der Waals surface area (Å²) in [6.07, 6.45) is 5.01. The second kappa shape index (κ2) is 5.06. The quantitative estimate of drug-likeness (QED) is 0.817. The summed E-state index contributed by atoms with van der Waals surface area (Å²) in [4.78, 5) is 11.5. The van der Waals surface area contributed by atoms with Crippen LogP contribution in [-0.2, 0) is 4.79 Å². The second-order valence-electron chi connectivity index (χ2n) is 4.35. The molecule has 5 heteroatoms. The minimum atomic E-state index is -0.169. The maximum absolute atomic E-state index is 11.5. The van der Waals surface area contributed by atoms with Crippen molar-refractivity contribution in [3.63, 3.8) is 0 Å². The monoisotopic (exact) mass is 299 g/mol. The molecule has 0 saturated heterocycles. The molecule has 2 rings (SSSR count). The molecule has 1 saturated carbocycles. The fourth-order valence-corrected chi connectivity index (χ4v) is 1.80. The Balaban J connectivity index is 1.79. The lowest BCUT2D eigenvalue weighted by Crippen LogP contribution is -2.30. The Morgan fingerprint density at radius 2 is 2.35 bits per heavy atom. The van der Waals surface area contributed by atoms with Crippen LogP contribution in [0.4, 0.5) is 0 Å². The number of nitrogens with one attached hydrogen (secondary N) is 1. The fraction of sp³-hybridized carbons (Fsp3) is 0.417. The van der Waals surface area contributed by atoms with E-state index in [0.717, 1.165) is 12.8 Å². The summed E-state index contributed by atoms with van der Waals surface area (Å²) >= 11 is 3.18. The number of hydrogen-bond acceptors (Lipinski definition) is 3. The van der Waals surface area contributed by atoms with Crippen molar-refractivity contribution in [1.82, 2.24) is 5.32 Å². The van der Waals surface area contributed by atoms with E-state index in [4.69, 9.17) is 9.52 Å². The molecule has 92 valence electrons. The van der Waals surface area contributed by atoms with Crippen molar-refractivity contribution < 1.29 is 14.3 Å². The van der Waals surface area contributed by atoms with Gasteiger partial charge in [0.15, 0.2) is 4.67 Å². The average Bonchev–Trinajstić information content (AvgIpc) is 3.00. The maximum atomic E-state index is 11.5. The Hall–Kier alpha value is -1.07. The zero-order valence-corrected chi connectivity index (χ0v) is 10.9. The van der Waals surface area contributed by atoms with E-state index >= 15 is 0 Å². The zero-order valence-electron chi connectivity index (χ0n) is 9.28. The molecule has 0 bridgehead atoms. The van der Waals surface area contributed by atoms with E-state index in [9.17, 15) is 4.79 Å². The Morgan fingerprint density at radius 1 is 1.59 bits per heavy atom. The summed E-state index contributed by atoms with van der Waals surface area (Å²) < 4.78 is 5.86. The molecule has 0 radical (unpaired) electrons. The first-order valence-corrected chi connectivity index (χ1v) is 6.25. The molecule has 0 unspecified atom stereocenters. The molecule has 0 aromatic carbocycles. The van der Waals surface area contributed by atoms with Gasteiger partial charge >= 0.3 is 0 Å². The first kappa shape index (κ1) is 12.4. The van der Waals surface area contributed by atoms with Crippen LogP contribution in [0.5, 0.6) is 0 Å². The molecule has 2 N–H and O–H groups in total. The van der Waals surface area contributed by atoms with Gasteiger partial charge in [-0.15, -0.1) is 0 Å². The first-order valence-electron chi connectivity index (χ1n) is 5.46. The smallest absolute Gasteiger partial charge is 0.244 e. The second-order valence-corrected chi connectivity index (χ2v) is 5.13. The molecule has 1 amide bonds. The number of carbonyl (C=O) groups excluding carboxylic acids is 1. The molecule has 1 aromatic heterocycles. The predicted molar refractivity (Wildman–Crippen MR) is 67.2 cm³/mol. The van der Waals surface area contributed by atoms with Crippen LogP contribution < -0.4 is 5.32 Å². The van der Waals surface area contributed by atoms with Gasteiger partial charge in [-0.25, -0.2) is 0 Å². The van der Waals surface area contributed by atoms with Crippen LogP contribution in [0.2, 0.25) is 0 Å². The van der Waals surface area contributed by atoms with Gasteiger partial charge in [0.2, 0.25) is 5.91 Å². The molecule has 0 aliphatic heterocycles. The SMILES string of the molecule is O=C(/C=C/c1ccc(Br)o1)NCC1(CO)CC1. The third-order valence-corrected chi connectivity index (χ3v) is 3.35. The Morgan fingerprint density at radius 3 is 2.88 bits per heavy atom. The first-order chi connectivity index (χ1) is 8.13. The van der Waals surface area contributed by atoms with Crippen LogP contribution in [-0.4, -0.2) is 24.2 Å². The molecular weight excluding hydrogens is 286 g/mol. The average molecular weight is 300 g/mol. The van der Waals surface area contributed by atoms with Crippen molar-refractivity contribution in [3.05, 3.63) is 28.6 Å². The number of hydrogen-bond donors (Lipinski definition) is 2. The topological polar surface area (TPSA) is 62.5 Å². The Kier molecular flexibility index (Phi) is 3.69. The number of furan rings is 1. The van der Waals surface area contributed by atoms with Crippen molar-refractivity contribution >= 4 is 27.9 Å². The third-order valence-electron chi connectivity index (χ3n) is 2.92. The van der Waals surface area contributed by atoms with E-state index in [1.54, 1.807) is 18.2 Å². The summed E-state index contributed by atoms with van der Waals surface area (Å²) in [5.41, 5.74) is -0.0583. The molecule has 4 nitrogen and oxygen atoms in total. The lowest BCUT2D eigenvalue weighted by atomic mass is 10.1. The highest BCUT2D eigenvalue weighted by Crippen LogP contribution is 2.44. The minimum absolute atomic E-state index is 0.0583. The van der Waals surface area contributed by atoms with Gasteiger partial charge in [0.1, 0.15) is 5.76 Å². The highest BCUT2D eigenvalue weighted by molar-refractivity contribution is 9.10. The van der Waals surface area contributed by atoms with Gasteiger partial charge in [0, 0.05) is 18.0 Å². The lowest BCUT2D eigenvalue weighted by molar-refractivity contribution is -0.116. The summed E-state index contributed by atoms with van der Waals surface area (Å²) in [7, 11) is 0. The number of aliphatic hydroxyl groups is 1. The van der Waals surface area contributed by atoms with Gasteiger partial charge < -0.3 is 14.8 Å². The number of amides is 1. The van der Waals surface area contributed by atoms with Crippen LogP contribution in [0, 0.1) is 5.41 Å². The number of aliphatic hydroxyl groups excluding tert-OH is 1. The van der Waals surface area contributed by atoms with Gasteiger partial charge in [0.05, 0.1) is 6.61 Å². The molecule has 1 fully saturated rings. The molecule has 1 aliphatic rings. The van der Waals surface area contributed by atoms with Crippen molar-refractivity contribution in [3.8, 4) is 0 Å². The standard InChI is InChI=1S/C12H14BrNO3/c13-10-3-1-9(17-10)2-4-11(16)14-7-12(8-15)5-6-12/h1-4,15H,5-8H2,(H,14,16)/b4-2+. The molecule has 0 atom stereocenters. The highest BCUT2D eigenvalue weighted by Gasteiger charge is 2.41. The number of rotatable bonds is 5. The number of halogens is 1. The van der Waals surface area contributed by atoms with Crippen molar-refractivity contribution in [2.75, 3.05) is 13.2 Å². The molecule has 1 heterocycles.